The molecule has 0 aromatic carbocycles. The topological polar surface area (TPSA) is 49.9 Å². The fourth-order valence-electron chi connectivity index (χ4n) is 2.67. The molecule has 6 heteroatoms. The normalized spacial score (nSPS) is 22.3. The van der Waals surface area contributed by atoms with Gasteiger partial charge in [0.05, 0.1) is 0 Å². The quantitative estimate of drug-likeness (QED) is 0.749. The number of carbonyl (C=O) groups is 2. The lowest BCUT2D eigenvalue weighted by Gasteiger charge is -2.26. The van der Waals surface area contributed by atoms with Gasteiger partial charge in [0, 0.05) is 25.7 Å². The van der Waals surface area contributed by atoms with Gasteiger partial charge in [0.2, 0.25) is 5.91 Å². The molecule has 2 rings (SSSR count). The van der Waals surface area contributed by atoms with Crippen molar-refractivity contribution in [3.05, 3.63) is 0 Å². The van der Waals surface area contributed by atoms with Crippen LogP contribution in [0, 0.1) is 5.92 Å². The zero-order valence-electron chi connectivity index (χ0n) is 13.1. The number of amides is 2. The van der Waals surface area contributed by atoms with Crippen LogP contribution in [0.25, 0.3) is 0 Å². The van der Waals surface area contributed by atoms with Crippen molar-refractivity contribution in [2.75, 3.05) is 25.5 Å². The molecule has 0 N–H and O–H groups in total. The average molecular weight is 317 g/mol. The van der Waals surface area contributed by atoms with Crippen molar-refractivity contribution in [2.45, 2.75) is 51.7 Å². The highest BCUT2D eigenvalue weighted by Gasteiger charge is 2.36. The Morgan fingerprint density at radius 2 is 1.95 bits per heavy atom. The zero-order chi connectivity index (χ0) is 15.6. The minimum atomic E-state index is -0.468. The molecule has 2 aliphatic rings. The monoisotopic (exact) mass is 316 g/mol. The highest BCUT2D eigenvalue weighted by Crippen LogP contribution is 2.30. The van der Waals surface area contributed by atoms with Gasteiger partial charge in [0.15, 0.2) is 0 Å². The molecule has 0 unspecified atom stereocenters. The number of halogens is 1. The van der Waals surface area contributed by atoms with Gasteiger partial charge in [-0.25, -0.2) is 4.79 Å². The van der Waals surface area contributed by atoms with E-state index in [1.54, 1.807) is 4.90 Å². The summed E-state index contributed by atoms with van der Waals surface area (Å²) in [6, 6.07) is 0.367. The van der Waals surface area contributed by atoms with Crippen LogP contribution in [0.3, 0.4) is 0 Å². The molecular formula is C15H25ClN2O3. The highest BCUT2D eigenvalue weighted by molar-refractivity contribution is 6.27. The number of hydrogen-bond donors (Lipinski definition) is 0. The number of rotatable bonds is 4. The van der Waals surface area contributed by atoms with Crippen molar-refractivity contribution in [3.63, 3.8) is 0 Å². The average Bonchev–Trinajstić information content (AvgIpc) is 3.11. The maximum Gasteiger partial charge on any atom is 0.410 e. The maximum absolute atomic E-state index is 12.0. The molecule has 0 aromatic rings. The van der Waals surface area contributed by atoms with Crippen LogP contribution in [0.15, 0.2) is 0 Å². The summed E-state index contributed by atoms with van der Waals surface area (Å²) in [5.74, 6) is 0.374. The zero-order valence-corrected chi connectivity index (χ0v) is 13.9. The van der Waals surface area contributed by atoms with Crippen molar-refractivity contribution < 1.29 is 14.3 Å². The van der Waals surface area contributed by atoms with E-state index < -0.39 is 5.60 Å². The van der Waals surface area contributed by atoms with Crippen LogP contribution < -0.4 is 0 Å². The van der Waals surface area contributed by atoms with Gasteiger partial charge in [0.1, 0.15) is 11.5 Å². The third-order valence-corrected chi connectivity index (χ3v) is 4.04. The molecule has 0 radical (unpaired) electrons. The maximum atomic E-state index is 12.0. The molecule has 5 nitrogen and oxygen atoms in total. The predicted octanol–water partition coefficient (Wildman–Crippen LogP) is 2.47. The molecule has 1 heterocycles. The molecule has 2 amide bonds. The van der Waals surface area contributed by atoms with Crippen LogP contribution in [-0.4, -0.2) is 59.0 Å². The summed E-state index contributed by atoms with van der Waals surface area (Å²) in [5, 5.41) is 0. The number of nitrogens with zero attached hydrogens (tertiary/aromatic N) is 2. The van der Waals surface area contributed by atoms with Crippen molar-refractivity contribution >= 4 is 23.6 Å². The second-order valence-corrected chi connectivity index (χ2v) is 7.26. The van der Waals surface area contributed by atoms with Gasteiger partial charge >= 0.3 is 6.09 Å². The second kappa shape index (κ2) is 6.42. The number of carbonyl (C=O) groups excluding carboxylic acids is 2. The number of ether oxygens (including phenoxy) is 1. The number of hydrogen-bond acceptors (Lipinski definition) is 3. The highest BCUT2D eigenvalue weighted by atomic mass is 35.5. The Morgan fingerprint density at radius 3 is 2.48 bits per heavy atom. The molecule has 1 saturated heterocycles. The standard InChI is InChI=1S/C15H25ClN2O3/c1-15(2,3)21-14(20)17-7-6-11(9-17)10-18(12-4-5-12)13(19)8-16/h11-12H,4-10H2,1-3H3/t11-/m0/s1. The molecule has 21 heavy (non-hydrogen) atoms. The fraction of sp³-hybridized carbons (Fsp3) is 0.867. The molecule has 0 bridgehead atoms. The van der Waals surface area contributed by atoms with Crippen molar-refractivity contribution in [2.24, 2.45) is 5.92 Å². The third kappa shape index (κ3) is 4.77. The van der Waals surface area contributed by atoms with E-state index in [2.05, 4.69) is 0 Å². The minimum Gasteiger partial charge on any atom is -0.444 e. The Labute approximate surface area is 131 Å². The van der Waals surface area contributed by atoms with Crippen LogP contribution in [0.1, 0.15) is 40.0 Å². The summed E-state index contributed by atoms with van der Waals surface area (Å²) in [5.41, 5.74) is -0.468. The van der Waals surface area contributed by atoms with E-state index in [1.165, 1.54) is 0 Å². The van der Waals surface area contributed by atoms with E-state index in [-0.39, 0.29) is 17.9 Å². The molecular weight excluding hydrogens is 292 g/mol. The van der Waals surface area contributed by atoms with E-state index in [4.69, 9.17) is 16.3 Å². The Kier molecular flexibility index (Phi) is 5.02. The largest absolute Gasteiger partial charge is 0.444 e. The van der Waals surface area contributed by atoms with E-state index in [0.717, 1.165) is 19.3 Å². The summed E-state index contributed by atoms with van der Waals surface area (Å²) in [6.07, 6.45) is 2.81. The predicted molar refractivity (Wildman–Crippen MR) is 81.4 cm³/mol. The van der Waals surface area contributed by atoms with Crippen LogP contribution in [0.5, 0.6) is 0 Å². The summed E-state index contributed by atoms with van der Waals surface area (Å²) in [6.45, 7) is 7.67. The lowest BCUT2D eigenvalue weighted by molar-refractivity contribution is -0.129. The summed E-state index contributed by atoms with van der Waals surface area (Å²) >= 11 is 5.68. The van der Waals surface area contributed by atoms with Crippen LogP contribution in [-0.2, 0) is 9.53 Å². The van der Waals surface area contributed by atoms with E-state index in [1.807, 2.05) is 25.7 Å². The van der Waals surface area contributed by atoms with Crippen LogP contribution >= 0.6 is 11.6 Å². The van der Waals surface area contributed by atoms with Gasteiger partial charge in [0.25, 0.3) is 0 Å². The number of alkyl halides is 1. The molecule has 0 aromatic heterocycles. The van der Waals surface area contributed by atoms with Crippen molar-refractivity contribution in [1.29, 1.82) is 0 Å². The SMILES string of the molecule is CC(C)(C)OC(=O)N1CC[C@H](CN(C(=O)CCl)C2CC2)C1. The van der Waals surface area contributed by atoms with Gasteiger partial charge in [-0.3, -0.25) is 4.79 Å². The van der Waals surface area contributed by atoms with Crippen molar-refractivity contribution in [3.8, 4) is 0 Å². The smallest absolute Gasteiger partial charge is 0.410 e. The Hall–Kier alpha value is -0.970. The minimum absolute atomic E-state index is 0.00915. The van der Waals surface area contributed by atoms with Gasteiger partial charge in [-0.1, -0.05) is 0 Å². The first-order valence-electron chi connectivity index (χ1n) is 7.63. The molecule has 120 valence electrons. The van der Waals surface area contributed by atoms with Crippen molar-refractivity contribution in [1.82, 2.24) is 9.80 Å². The van der Waals surface area contributed by atoms with Gasteiger partial charge < -0.3 is 14.5 Å². The van der Waals surface area contributed by atoms with E-state index >= 15 is 0 Å². The summed E-state index contributed by atoms with van der Waals surface area (Å²) in [7, 11) is 0. The lowest BCUT2D eigenvalue weighted by Crippen LogP contribution is -2.40. The molecule has 1 atom stereocenters. The van der Waals surface area contributed by atoms with E-state index in [0.29, 0.717) is 31.6 Å². The van der Waals surface area contributed by atoms with E-state index in [9.17, 15) is 9.59 Å². The molecule has 1 aliphatic carbocycles. The first-order chi connectivity index (χ1) is 9.80. The molecule has 0 spiro atoms. The van der Waals surface area contributed by atoms with Crippen LogP contribution in [0.4, 0.5) is 4.79 Å². The molecule has 2 fully saturated rings. The molecule has 1 aliphatic heterocycles. The Balaban J connectivity index is 1.84. The lowest BCUT2D eigenvalue weighted by atomic mass is 10.1. The molecule has 1 saturated carbocycles. The Bertz CT molecular complexity index is 404. The van der Waals surface area contributed by atoms with Gasteiger partial charge in [-0.05, 0) is 46.0 Å². The second-order valence-electron chi connectivity index (χ2n) is 6.99. The van der Waals surface area contributed by atoms with Gasteiger partial charge in [-0.2, -0.15) is 0 Å². The van der Waals surface area contributed by atoms with Gasteiger partial charge in [-0.15, -0.1) is 11.6 Å². The first-order valence-corrected chi connectivity index (χ1v) is 8.17. The van der Waals surface area contributed by atoms with Crippen LogP contribution in [0.2, 0.25) is 0 Å². The first kappa shape index (κ1) is 16.4. The number of likely N-dealkylation sites (tertiary alicyclic amines) is 1. The fourth-order valence-corrected chi connectivity index (χ4v) is 2.82. The third-order valence-electron chi connectivity index (χ3n) is 3.81. The summed E-state index contributed by atoms with van der Waals surface area (Å²) < 4.78 is 5.39. The Morgan fingerprint density at radius 1 is 1.29 bits per heavy atom. The summed E-state index contributed by atoms with van der Waals surface area (Å²) in [4.78, 5) is 27.5.